The van der Waals surface area contributed by atoms with Crippen LogP contribution >= 0.6 is 0 Å². The van der Waals surface area contributed by atoms with Crippen LogP contribution < -0.4 is 5.32 Å². The lowest BCUT2D eigenvalue weighted by molar-refractivity contribution is -0.147. The van der Waals surface area contributed by atoms with Crippen molar-refractivity contribution in [2.24, 2.45) is 5.92 Å². The zero-order valence-corrected chi connectivity index (χ0v) is 11.8. The van der Waals surface area contributed by atoms with Crippen LogP contribution in [0.3, 0.4) is 0 Å². The van der Waals surface area contributed by atoms with Gasteiger partial charge in [0.15, 0.2) is 0 Å². The van der Waals surface area contributed by atoms with Crippen LogP contribution in [0, 0.1) is 5.92 Å². The summed E-state index contributed by atoms with van der Waals surface area (Å²) < 4.78 is 5.49. The zero-order chi connectivity index (χ0) is 13.7. The normalized spacial score (nSPS) is 19.2. The van der Waals surface area contributed by atoms with Crippen molar-refractivity contribution in [3.05, 3.63) is 29.8 Å². The van der Waals surface area contributed by atoms with Crippen LogP contribution in [0.5, 0.6) is 0 Å². The molecule has 2 rings (SSSR count). The van der Waals surface area contributed by atoms with Gasteiger partial charge in [0, 0.05) is 12.2 Å². The van der Waals surface area contributed by atoms with E-state index in [1.807, 2.05) is 24.3 Å². The van der Waals surface area contributed by atoms with Gasteiger partial charge in [0.1, 0.15) is 0 Å². The summed E-state index contributed by atoms with van der Waals surface area (Å²) in [5, 5.41) is 3.32. The topological polar surface area (TPSA) is 38.3 Å². The summed E-state index contributed by atoms with van der Waals surface area (Å²) in [7, 11) is 0. The highest BCUT2D eigenvalue weighted by Gasteiger charge is 2.27. The van der Waals surface area contributed by atoms with Crippen LogP contribution in [0.4, 0.5) is 5.69 Å². The molecule has 1 aromatic rings. The fraction of sp³-hybridized carbons (Fsp3) is 0.562. The highest BCUT2D eigenvalue weighted by molar-refractivity contribution is 5.81. The smallest absolute Gasteiger partial charge is 0.313 e. The van der Waals surface area contributed by atoms with Crippen molar-refractivity contribution in [3.8, 4) is 0 Å². The summed E-state index contributed by atoms with van der Waals surface area (Å²) in [6, 6.07) is 8.01. The number of rotatable bonds is 5. The van der Waals surface area contributed by atoms with Gasteiger partial charge in [-0.3, -0.25) is 4.79 Å². The second kappa shape index (κ2) is 6.60. The first-order valence-corrected chi connectivity index (χ1v) is 7.21. The number of para-hydroxylation sites is 1. The second-order valence-corrected chi connectivity index (χ2v) is 5.38. The van der Waals surface area contributed by atoms with E-state index in [0.29, 0.717) is 12.5 Å². The third-order valence-electron chi connectivity index (χ3n) is 3.66. The SMILES string of the molecule is CCCC(C)COC(=O)C1CCNc2ccccc21. The molecule has 2 atom stereocenters. The van der Waals surface area contributed by atoms with Crippen molar-refractivity contribution in [3.63, 3.8) is 0 Å². The van der Waals surface area contributed by atoms with Crippen molar-refractivity contribution in [2.45, 2.75) is 39.0 Å². The molecule has 19 heavy (non-hydrogen) atoms. The minimum absolute atomic E-state index is 0.0723. The summed E-state index contributed by atoms with van der Waals surface area (Å²) >= 11 is 0. The van der Waals surface area contributed by atoms with E-state index in [9.17, 15) is 4.79 Å². The fourth-order valence-electron chi connectivity index (χ4n) is 2.61. The van der Waals surface area contributed by atoms with Crippen LogP contribution in [0.2, 0.25) is 0 Å². The molecule has 0 fully saturated rings. The standard InChI is InChI=1S/C16H23NO2/c1-3-6-12(2)11-19-16(18)14-9-10-17-15-8-5-4-7-13(14)15/h4-5,7-8,12,14,17H,3,6,9-11H2,1-2H3. The van der Waals surface area contributed by atoms with Crippen LogP contribution in [0.1, 0.15) is 44.6 Å². The predicted octanol–water partition coefficient (Wildman–Crippen LogP) is 3.57. The van der Waals surface area contributed by atoms with E-state index in [1.54, 1.807) is 0 Å². The van der Waals surface area contributed by atoms with Gasteiger partial charge in [-0.05, 0) is 30.4 Å². The van der Waals surface area contributed by atoms with Crippen LogP contribution in [0.15, 0.2) is 24.3 Å². The molecule has 0 saturated heterocycles. The first-order chi connectivity index (χ1) is 9.22. The average molecular weight is 261 g/mol. The average Bonchev–Trinajstić information content (AvgIpc) is 2.44. The highest BCUT2D eigenvalue weighted by Crippen LogP contribution is 2.32. The monoisotopic (exact) mass is 261 g/mol. The van der Waals surface area contributed by atoms with Crippen molar-refractivity contribution in [2.75, 3.05) is 18.5 Å². The summed E-state index contributed by atoms with van der Waals surface area (Å²) in [6.45, 7) is 5.66. The number of carbonyl (C=O) groups is 1. The van der Waals surface area contributed by atoms with Gasteiger partial charge in [0.05, 0.1) is 12.5 Å². The molecule has 1 aromatic carbocycles. The first kappa shape index (κ1) is 13.9. The van der Waals surface area contributed by atoms with Crippen molar-refractivity contribution in [1.82, 2.24) is 0 Å². The Morgan fingerprint density at radius 1 is 1.47 bits per heavy atom. The molecule has 0 saturated carbocycles. The Morgan fingerprint density at radius 2 is 2.26 bits per heavy atom. The maximum absolute atomic E-state index is 12.2. The fourth-order valence-corrected chi connectivity index (χ4v) is 2.61. The van der Waals surface area contributed by atoms with Crippen LogP contribution in [-0.4, -0.2) is 19.1 Å². The largest absolute Gasteiger partial charge is 0.465 e. The van der Waals surface area contributed by atoms with Gasteiger partial charge < -0.3 is 10.1 Å². The number of ether oxygens (including phenoxy) is 1. The van der Waals surface area contributed by atoms with Gasteiger partial charge in [0.25, 0.3) is 0 Å². The summed E-state index contributed by atoms with van der Waals surface area (Å²) in [6.07, 6.45) is 3.06. The van der Waals surface area contributed by atoms with Gasteiger partial charge in [-0.15, -0.1) is 0 Å². The summed E-state index contributed by atoms with van der Waals surface area (Å²) in [4.78, 5) is 12.2. The maximum Gasteiger partial charge on any atom is 0.313 e. The van der Waals surface area contributed by atoms with E-state index in [0.717, 1.165) is 37.1 Å². The molecule has 1 heterocycles. The lowest BCUT2D eigenvalue weighted by Gasteiger charge is -2.25. The number of esters is 1. The zero-order valence-electron chi connectivity index (χ0n) is 11.8. The Hall–Kier alpha value is -1.51. The second-order valence-electron chi connectivity index (χ2n) is 5.38. The van der Waals surface area contributed by atoms with Crippen molar-refractivity contribution < 1.29 is 9.53 Å². The molecule has 2 unspecified atom stereocenters. The molecule has 0 amide bonds. The molecule has 0 spiro atoms. The lowest BCUT2D eigenvalue weighted by atomic mass is 9.91. The van der Waals surface area contributed by atoms with Crippen LogP contribution in [0.25, 0.3) is 0 Å². The molecule has 1 aliphatic rings. The molecule has 1 N–H and O–H groups in total. The number of hydrogen-bond donors (Lipinski definition) is 1. The Kier molecular flexibility index (Phi) is 4.83. The molecule has 0 aliphatic carbocycles. The van der Waals surface area contributed by atoms with Gasteiger partial charge in [0.2, 0.25) is 0 Å². The van der Waals surface area contributed by atoms with Gasteiger partial charge in [-0.25, -0.2) is 0 Å². The molecule has 3 nitrogen and oxygen atoms in total. The Balaban J connectivity index is 1.97. The van der Waals surface area contributed by atoms with Gasteiger partial charge in [-0.1, -0.05) is 38.5 Å². The third-order valence-corrected chi connectivity index (χ3v) is 3.66. The van der Waals surface area contributed by atoms with E-state index in [2.05, 4.69) is 19.2 Å². The Labute approximate surface area is 115 Å². The maximum atomic E-state index is 12.2. The third kappa shape index (κ3) is 3.49. The Morgan fingerprint density at radius 3 is 3.05 bits per heavy atom. The van der Waals surface area contributed by atoms with Gasteiger partial charge in [-0.2, -0.15) is 0 Å². The number of hydrogen-bond acceptors (Lipinski definition) is 3. The molecule has 104 valence electrons. The van der Waals surface area contributed by atoms with E-state index in [4.69, 9.17) is 4.74 Å². The molecular formula is C16H23NO2. The minimum Gasteiger partial charge on any atom is -0.465 e. The van der Waals surface area contributed by atoms with E-state index in [1.165, 1.54) is 0 Å². The molecule has 0 bridgehead atoms. The minimum atomic E-state index is -0.105. The number of carbonyl (C=O) groups excluding carboxylic acids is 1. The van der Waals surface area contributed by atoms with Crippen molar-refractivity contribution in [1.29, 1.82) is 0 Å². The number of benzene rings is 1. The molecule has 0 aromatic heterocycles. The number of nitrogens with one attached hydrogen (secondary N) is 1. The quantitative estimate of drug-likeness (QED) is 0.823. The molecule has 3 heteroatoms. The molecule has 0 radical (unpaired) electrons. The highest BCUT2D eigenvalue weighted by atomic mass is 16.5. The Bertz CT molecular complexity index is 431. The molecular weight excluding hydrogens is 238 g/mol. The van der Waals surface area contributed by atoms with Crippen molar-refractivity contribution >= 4 is 11.7 Å². The number of fused-ring (bicyclic) bond motifs is 1. The van der Waals surface area contributed by atoms with Gasteiger partial charge >= 0.3 is 5.97 Å². The van der Waals surface area contributed by atoms with E-state index in [-0.39, 0.29) is 11.9 Å². The predicted molar refractivity (Wildman–Crippen MR) is 77.3 cm³/mol. The van der Waals surface area contributed by atoms with E-state index >= 15 is 0 Å². The first-order valence-electron chi connectivity index (χ1n) is 7.21. The summed E-state index contributed by atoms with van der Waals surface area (Å²) in [5.74, 6) is 0.272. The summed E-state index contributed by atoms with van der Waals surface area (Å²) in [5.41, 5.74) is 2.14. The lowest BCUT2D eigenvalue weighted by Crippen LogP contribution is -2.25. The molecule has 1 aliphatic heterocycles. The number of anilines is 1. The van der Waals surface area contributed by atoms with Crippen LogP contribution in [-0.2, 0) is 9.53 Å². The van der Waals surface area contributed by atoms with E-state index < -0.39 is 0 Å².